The maximum atomic E-state index is 13.6. The van der Waals surface area contributed by atoms with Crippen molar-refractivity contribution < 1.29 is 27.6 Å². The summed E-state index contributed by atoms with van der Waals surface area (Å²) in [7, 11) is 3.05. The number of hydrogen-bond acceptors (Lipinski definition) is 6. The van der Waals surface area contributed by atoms with E-state index in [0.29, 0.717) is 29.0 Å². The minimum atomic E-state index is -0.845. The van der Waals surface area contributed by atoms with E-state index in [0.717, 1.165) is 12.1 Å². The number of anilines is 1. The Labute approximate surface area is 159 Å². The van der Waals surface area contributed by atoms with Crippen LogP contribution >= 0.6 is 0 Å². The number of methoxy groups -OCH3 is 2. The van der Waals surface area contributed by atoms with E-state index >= 15 is 0 Å². The van der Waals surface area contributed by atoms with Crippen molar-refractivity contribution in [3.8, 4) is 22.9 Å². The number of aryl methyl sites for hydroxylation is 1. The predicted molar refractivity (Wildman–Crippen MR) is 96.1 cm³/mol. The summed E-state index contributed by atoms with van der Waals surface area (Å²) in [5, 5.41) is 6.26. The highest BCUT2D eigenvalue weighted by Crippen LogP contribution is 2.31. The van der Waals surface area contributed by atoms with Crippen LogP contribution in [0.2, 0.25) is 0 Å². The van der Waals surface area contributed by atoms with Gasteiger partial charge in [-0.1, -0.05) is 5.16 Å². The first-order chi connectivity index (χ1) is 13.5. The third-order valence-electron chi connectivity index (χ3n) is 3.88. The summed E-state index contributed by atoms with van der Waals surface area (Å²) in [5.74, 6) is -0.352. The third kappa shape index (κ3) is 4.43. The number of amides is 1. The molecule has 0 saturated carbocycles. The van der Waals surface area contributed by atoms with Crippen LogP contribution < -0.4 is 14.8 Å². The fourth-order valence-electron chi connectivity index (χ4n) is 2.47. The highest BCUT2D eigenvalue weighted by molar-refractivity contribution is 5.90. The monoisotopic (exact) mass is 389 g/mol. The van der Waals surface area contributed by atoms with Crippen molar-refractivity contribution in [3.63, 3.8) is 0 Å². The zero-order chi connectivity index (χ0) is 20.1. The summed E-state index contributed by atoms with van der Waals surface area (Å²) in [5.41, 5.74) is 0.563. The number of carbonyl (C=O) groups excluding carboxylic acids is 1. The van der Waals surface area contributed by atoms with Gasteiger partial charge in [-0.3, -0.25) is 4.79 Å². The molecule has 0 aliphatic rings. The van der Waals surface area contributed by atoms with E-state index < -0.39 is 17.5 Å². The summed E-state index contributed by atoms with van der Waals surface area (Å²) < 4.78 is 42.0. The molecule has 0 unspecified atom stereocenters. The normalized spacial score (nSPS) is 10.6. The molecule has 1 aromatic heterocycles. The standard InChI is InChI=1S/C19H17F2N3O4/c1-26-15-6-3-11(9-16(15)27-2)19-23-18(28-24-19)8-7-17(25)22-14-5-4-12(20)10-13(14)21/h3-6,9-10H,7-8H2,1-2H3,(H,22,25). The highest BCUT2D eigenvalue weighted by atomic mass is 19.1. The first-order valence-electron chi connectivity index (χ1n) is 8.30. The van der Waals surface area contributed by atoms with Crippen molar-refractivity contribution >= 4 is 11.6 Å². The van der Waals surface area contributed by atoms with Gasteiger partial charge >= 0.3 is 0 Å². The van der Waals surface area contributed by atoms with Gasteiger partial charge < -0.3 is 19.3 Å². The smallest absolute Gasteiger partial charge is 0.227 e. The van der Waals surface area contributed by atoms with Crippen LogP contribution in [0.15, 0.2) is 40.9 Å². The van der Waals surface area contributed by atoms with Crippen molar-refractivity contribution in [2.75, 3.05) is 19.5 Å². The van der Waals surface area contributed by atoms with Crippen LogP contribution in [-0.4, -0.2) is 30.3 Å². The maximum absolute atomic E-state index is 13.6. The minimum absolute atomic E-state index is 0.00954. The first-order valence-corrected chi connectivity index (χ1v) is 8.30. The molecule has 0 atom stereocenters. The average Bonchev–Trinajstić information content (AvgIpc) is 3.17. The fraction of sp³-hybridized carbons (Fsp3) is 0.211. The second kappa shape index (κ2) is 8.47. The van der Waals surface area contributed by atoms with E-state index in [2.05, 4.69) is 15.5 Å². The Morgan fingerprint density at radius 2 is 1.89 bits per heavy atom. The number of halogens is 2. The van der Waals surface area contributed by atoms with Crippen LogP contribution in [0.1, 0.15) is 12.3 Å². The summed E-state index contributed by atoms with van der Waals surface area (Å²) in [6.45, 7) is 0. The van der Waals surface area contributed by atoms with E-state index in [1.165, 1.54) is 14.2 Å². The molecule has 1 heterocycles. The minimum Gasteiger partial charge on any atom is -0.493 e. The second-order valence-electron chi connectivity index (χ2n) is 5.75. The molecular formula is C19H17F2N3O4. The van der Waals surface area contributed by atoms with E-state index in [9.17, 15) is 13.6 Å². The Bertz CT molecular complexity index is 991. The number of aromatic nitrogens is 2. The van der Waals surface area contributed by atoms with Crippen molar-refractivity contribution in [1.29, 1.82) is 0 Å². The number of nitrogens with one attached hydrogen (secondary N) is 1. The lowest BCUT2D eigenvalue weighted by Crippen LogP contribution is -2.13. The van der Waals surface area contributed by atoms with Crippen molar-refractivity contribution in [1.82, 2.24) is 10.1 Å². The Hall–Kier alpha value is -3.49. The van der Waals surface area contributed by atoms with Crippen LogP contribution in [0, 0.1) is 11.6 Å². The van der Waals surface area contributed by atoms with Crippen LogP contribution in [0.4, 0.5) is 14.5 Å². The molecule has 1 N–H and O–H groups in total. The van der Waals surface area contributed by atoms with E-state index in [-0.39, 0.29) is 24.4 Å². The van der Waals surface area contributed by atoms with Crippen molar-refractivity contribution in [2.24, 2.45) is 0 Å². The van der Waals surface area contributed by atoms with E-state index in [4.69, 9.17) is 14.0 Å². The molecule has 0 aliphatic carbocycles. The van der Waals surface area contributed by atoms with Crippen LogP contribution in [0.5, 0.6) is 11.5 Å². The molecule has 3 rings (SSSR count). The number of nitrogens with zero attached hydrogens (tertiary/aromatic N) is 2. The van der Waals surface area contributed by atoms with Gasteiger partial charge in [0, 0.05) is 24.5 Å². The van der Waals surface area contributed by atoms with Crippen LogP contribution in [0.25, 0.3) is 11.4 Å². The molecule has 0 fully saturated rings. The lowest BCUT2D eigenvalue weighted by Gasteiger charge is -2.07. The van der Waals surface area contributed by atoms with Gasteiger partial charge in [0.25, 0.3) is 0 Å². The first kappa shape index (κ1) is 19.3. The highest BCUT2D eigenvalue weighted by Gasteiger charge is 2.14. The molecule has 0 radical (unpaired) electrons. The Balaban J connectivity index is 1.62. The number of rotatable bonds is 7. The number of carbonyl (C=O) groups is 1. The maximum Gasteiger partial charge on any atom is 0.227 e. The predicted octanol–water partition coefficient (Wildman–Crippen LogP) is 3.60. The quantitative estimate of drug-likeness (QED) is 0.664. The van der Waals surface area contributed by atoms with Gasteiger partial charge in [-0.2, -0.15) is 4.98 Å². The third-order valence-corrected chi connectivity index (χ3v) is 3.88. The number of ether oxygens (including phenoxy) is 2. The van der Waals surface area contributed by atoms with E-state index in [1.54, 1.807) is 18.2 Å². The van der Waals surface area contributed by atoms with Gasteiger partial charge in [-0.25, -0.2) is 8.78 Å². The molecule has 2 aromatic carbocycles. The summed E-state index contributed by atoms with van der Waals surface area (Å²) in [4.78, 5) is 16.2. The lowest BCUT2D eigenvalue weighted by molar-refractivity contribution is -0.116. The molecule has 0 bridgehead atoms. The fourth-order valence-corrected chi connectivity index (χ4v) is 2.47. The topological polar surface area (TPSA) is 86.5 Å². The van der Waals surface area contributed by atoms with Gasteiger partial charge in [0.2, 0.25) is 17.6 Å². The average molecular weight is 389 g/mol. The number of benzene rings is 2. The van der Waals surface area contributed by atoms with Gasteiger partial charge in [0.15, 0.2) is 11.5 Å². The lowest BCUT2D eigenvalue weighted by atomic mass is 10.2. The molecule has 0 aliphatic heterocycles. The van der Waals surface area contributed by atoms with Gasteiger partial charge in [0.05, 0.1) is 19.9 Å². The van der Waals surface area contributed by atoms with Gasteiger partial charge in [-0.05, 0) is 30.3 Å². The summed E-state index contributed by atoms with van der Waals surface area (Å²) in [6, 6.07) is 8.09. The molecule has 3 aromatic rings. The summed E-state index contributed by atoms with van der Waals surface area (Å²) >= 11 is 0. The van der Waals surface area contributed by atoms with Crippen molar-refractivity contribution in [2.45, 2.75) is 12.8 Å². The molecule has 1 amide bonds. The molecule has 9 heteroatoms. The Morgan fingerprint density at radius 1 is 1.11 bits per heavy atom. The molecule has 146 valence electrons. The zero-order valence-corrected chi connectivity index (χ0v) is 15.2. The molecule has 0 saturated heterocycles. The van der Waals surface area contributed by atoms with Crippen LogP contribution in [-0.2, 0) is 11.2 Å². The largest absolute Gasteiger partial charge is 0.493 e. The molecule has 7 nitrogen and oxygen atoms in total. The Morgan fingerprint density at radius 3 is 2.61 bits per heavy atom. The Kier molecular flexibility index (Phi) is 5.83. The van der Waals surface area contributed by atoms with Crippen molar-refractivity contribution in [3.05, 3.63) is 53.9 Å². The van der Waals surface area contributed by atoms with Crippen LogP contribution in [0.3, 0.4) is 0 Å². The van der Waals surface area contributed by atoms with Gasteiger partial charge in [0.1, 0.15) is 11.6 Å². The SMILES string of the molecule is COc1ccc(-c2noc(CCC(=O)Nc3ccc(F)cc3F)n2)cc1OC. The van der Waals surface area contributed by atoms with Gasteiger partial charge in [-0.15, -0.1) is 0 Å². The summed E-state index contributed by atoms with van der Waals surface area (Å²) in [6.07, 6.45) is 0.152. The zero-order valence-electron chi connectivity index (χ0n) is 15.2. The molecular weight excluding hydrogens is 372 g/mol. The number of hydrogen-bond donors (Lipinski definition) is 1. The van der Waals surface area contributed by atoms with E-state index in [1.807, 2.05) is 0 Å². The second-order valence-corrected chi connectivity index (χ2v) is 5.75. The molecule has 28 heavy (non-hydrogen) atoms. The molecule has 0 spiro atoms.